The Morgan fingerprint density at radius 1 is 1.47 bits per heavy atom. The normalized spacial score (nSPS) is 12.9. The van der Waals surface area contributed by atoms with Gasteiger partial charge in [-0.05, 0) is 51.8 Å². The number of rotatable bonds is 3. The molecule has 3 N–H and O–H groups in total. The predicted octanol–water partition coefficient (Wildman–Crippen LogP) is 3.58. The molecule has 0 heterocycles. The Morgan fingerprint density at radius 3 is 2.63 bits per heavy atom. The number of amides is 1. The van der Waals surface area contributed by atoms with Crippen LogP contribution in [-0.2, 0) is 11.2 Å². The van der Waals surface area contributed by atoms with E-state index in [1.807, 2.05) is 33.8 Å². The molecule has 0 fully saturated rings. The summed E-state index contributed by atoms with van der Waals surface area (Å²) in [4.78, 5) is 11.8. The molecule has 0 radical (unpaired) electrons. The van der Waals surface area contributed by atoms with E-state index in [1.54, 1.807) is 12.1 Å². The van der Waals surface area contributed by atoms with Crippen LogP contribution in [0.2, 0.25) is 5.02 Å². The van der Waals surface area contributed by atoms with Gasteiger partial charge >= 0.3 is 6.09 Å². The van der Waals surface area contributed by atoms with Crippen molar-refractivity contribution in [3.8, 4) is 0 Å². The summed E-state index contributed by atoms with van der Waals surface area (Å²) < 4.78 is 5.22. The molecule has 4 nitrogen and oxygen atoms in total. The number of hydrogen-bond acceptors (Lipinski definition) is 3. The van der Waals surface area contributed by atoms with Crippen molar-refractivity contribution in [3.63, 3.8) is 0 Å². The highest BCUT2D eigenvalue weighted by Crippen LogP contribution is 2.23. The minimum atomic E-state index is -0.538. The van der Waals surface area contributed by atoms with Crippen LogP contribution in [-0.4, -0.2) is 17.7 Å². The number of hydrogen-bond donors (Lipinski definition) is 2. The third-order valence-electron chi connectivity index (χ3n) is 2.25. The van der Waals surface area contributed by atoms with E-state index in [4.69, 9.17) is 22.1 Å². The summed E-state index contributed by atoms with van der Waals surface area (Å²) in [5.41, 5.74) is 6.82. The van der Waals surface area contributed by atoms with Crippen LogP contribution in [0.15, 0.2) is 18.2 Å². The molecule has 0 aliphatic carbocycles. The van der Waals surface area contributed by atoms with E-state index in [0.29, 0.717) is 17.1 Å². The first-order valence-corrected chi connectivity index (χ1v) is 6.59. The minimum absolute atomic E-state index is 0.000335. The monoisotopic (exact) mass is 284 g/mol. The Bertz CT molecular complexity index is 453. The first kappa shape index (κ1) is 15.8. The van der Waals surface area contributed by atoms with E-state index in [0.717, 1.165) is 5.56 Å². The van der Waals surface area contributed by atoms with E-state index in [1.165, 1.54) is 0 Å². The van der Waals surface area contributed by atoms with Crippen LogP contribution in [0.4, 0.5) is 10.5 Å². The van der Waals surface area contributed by atoms with Crippen LogP contribution >= 0.6 is 11.6 Å². The van der Waals surface area contributed by atoms with Gasteiger partial charge in [0.2, 0.25) is 0 Å². The second-order valence-electron chi connectivity index (χ2n) is 5.61. The van der Waals surface area contributed by atoms with Crippen LogP contribution in [0.1, 0.15) is 33.3 Å². The summed E-state index contributed by atoms with van der Waals surface area (Å²) in [5.74, 6) is 0. The highest BCUT2D eigenvalue weighted by molar-refractivity contribution is 6.31. The maximum Gasteiger partial charge on any atom is 0.412 e. The standard InChI is InChI=1S/C14H21ClN2O2/c1-9(16)7-10-5-6-11(15)8-12(10)17-13(18)19-14(2,3)4/h5-6,8-9H,7,16H2,1-4H3,(H,17,18)/t9-/m0/s1. The summed E-state index contributed by atoms with van der Waals surface area (Å²) in [5, 5.41) is 3.27. The lowest BCUT2D eigenvalue weighted by molar-refractivity contribution is 0.0636. The van der Waals surface area contributed by atoms with Gasteiger partial charge in [0, 0.05) is 16.8 Å². The Morgan fingerprint density at radius 2 is 2.11 bits per heavy atom. The summed E-state index contributed by atoms with van der Waals surface area (Å²) in [6, 6.07) is 5.33. The largest absolute Gasteiger partial charge is 0.444 e. The van der Waals surface area contributed by atoms with E-state index in [-0.39, 0.29) is 6.04 Å². The SMILES string of the molecule is C[C@H](N)Cc1ccc(Cl)cc1NC(=O)OC(C)(C)C. The Hall–Kier alpha value is -1.26. The number of nitrogens with one attached hydrogen (secondary N) is 1. The van der Waals surface area contributed by atoms with Gasteiger partial charge in [-0.15, -0.1) is 0 Å². The number of carbonyl (C=O) groups is 1. The number of carbonyl (C=O) groups excluding carboxylic acids is 1. The van der Waals surface area contributed by atoms with Crippen molar-refractivity contribution >= 4 is 23.4 Å². The van der Waals surface area contributed by atoms with Gasteiger partial charge in [0.15, 0.2) is 0 Å². The fraction of sp³-hybridized carbons (Fsp3) is 0.500. The van der Waals surface area contributed by atoms with E-state index < -0.39 is 11.7 Å². The smallest absolute Gasteiger partial charge is 0.412 e. The number of anilines is 1. The van der Waals surface area contributed by atoms with Gasteiger partial charge in [0.05, 0.1) is 0 Å². The molecular formula is C14H21ClN2O2. The van der Waals surface area contributed by atoms with Crippen molar-refractivity contribution < 1.29 is 9.53 Å². The van der Waals surface area contributed by atoms with Crippen LogP contribution in [0.5, 0.6) is 0 Å². The second kappa shape index (κ2) is 6.26. The van der Waals surface area contributed by atoms with E-state index in [9.17, 15) is 4.79 Å². The second-order valence-corrected chi connectivity index (χ2v) is 6.05. The zero-order valence-electron chi connectivity index (χ0n) is 11.8. The number of benzene rings is 1. The molecule has 1 atom stereocenters. The molecule has 106 valence electrons. The molecule has 0 unspecified atom stereocenters. The van der Waals surface area contributed by atoms with Crippen molar-refractivity contribution in [1.29, 1.82) is 0 Å². The average molecular weight is 285 g/mol. The fourth-order valence-electron chi connectivity index (χ4n) is 1.60. The first-order valence-electron chi connectivity index (χ1n) is 6.21. The number of halogens is 1. The minimum Gasteiger partial charge on any atom is -0.444 e. The van der Waals surface area contributed by atoms with Gasteiger partial charge in [0.1, 0.15) is 5.60 Å². The van der Waals surface area contributed by atoms with Crippen molar-refractivity contribution in [1.82, 2.24) is 0 Å². The zero-order valence-corrected chi connectivity index (χ0v) is 12.5. The topological polar surface area (TPSA) is 64.3 Å². The molecule has 1 aromatic carbocycles. The zero-order chi connectivity index (χ0) is 14.6. The molecule has 0 aromatic heterocycles. The van der Waals surface area contributed by atoms with Gasteiger partial charge in [-0.1, -0.05) is 17.7 Å². The highest BCUT2D eigenvalue weighted by Gasteiger charge is 2.17. The third-order valence-corrected chi connectivity index (χ3v) is 2.48. The third kappa shape index (κ3) is 5.94. The van der Waals surface area contributed by atoms with Crippen molar-refractivity contribution in [2.24, 2.45) is 5.73 Å². The predicted molar refractivity (Wildman–Crippen MR) is 78.7 cm³/mol. The molecule has 19 heavy (non-hydrogen) atoms. The molecule has 1 rings (SSSR count). The maximum absolute atomic E-state index is 11.8. The van der Waals surface area contributed by atoms with E-state index in [2.05, 4.69) is 5.32 Å². The van der Waals surface area contributed by atoms with Gasteiger partial charge < -0.3 is 10.5 Å². The molecular weight excluding hydrogens is 264 g/mol. The van der Waals surface area contributed by atoms with Gasteiger partial charge in [0.25, 0.3) is 0 Å². The van der Waals surface area contributed by atoms with Gasteiger partial charge in [-0.2, -0.15) is 0 Å². The summed E-state index contributed by atoms with van der Waals surface area (Å²) in [6.07, 6.45) is 0.156. The quantitative estimate of drug-likeness (QED) is 0.892. The lowest BCUT2D eigenvalue weighted by Gasteiger charge is -2.21. The van der Waals surface area contributed by atoms with Crippen LogP contribution in [0, 0.1) is 0 Å². The molecule has 0 spiro atoms. The molecule has 5 heteroatoms. The number of nitrogens with two attached hydrogens (primary N) is 1. The number of ether oxygens (including phenoxy) is 1. The van der Waals surface area contributed by atoms with Gasteiger partial charge in [-0.3, -0.25) is 5.32 Å². The summed E-state index contributed by atoms with van der Waals surface area (Å²) in [7, 11) is 0. The van der Waals surface area contributed by atoms with E-state index >= 15 is 0 Å². The summed E-state index contributed by atoms with van der Waals surface area (Å²) >= 11 is 5.95. The molecule has 1 aromatic rings. The summed E-state index contributed by atoms with van der Waals surface area (Å²) in [6.45, 7) is 7.35. The Balaban J connectivity index is 2.86. The van der Waals surface area contributed by atoms with Crippen molar-refractivity contribution in [2.75, 3.05) is 5.32 Å². The molecule has 0 bridgehead atoms. The molecule has 0 aliphatic rings. The van der Waals surface area contributed by atoms with Crippen molar-refractivity contribution in [2.45, 2.75) is 45.8 Å². The average Bonchev–Trinajstić information content (AvgIpc) is 2.18. The maximum atomic E-state index is 11.8. The molecule has 0 aliphatic heterocycles. The molecule has 0 saturated heterocycles. The van der Waals surface area contributed by atoms with Crippen molar-refractivity contribution in [3.05, 3.63) is 28.8 Å². The fourth-order valence-corrected chi connectivity index (χ4v) is 1.78. The Kier molecular flexibility index (Phi) is 5.20. The highest BCUT2D eigenvalue weighted by atomic mass is 35.5. The lowest BCUT2D eigenvalue weighted by atomic mass is 10.1. The van der Waals surface area contributed by atoms with Crippen LogP contribution in [0.25, 0.3) is 0 Å². The molecule has 1 amide bonds. The Labute approximate surface area is 119 Å². The first-order chi connectivity index (χ1) is 8.67. The molecule has 0 saturated carbocycles. The lowest BCUT2D eigenvalue weighted by Crippen LogP contribution is -2.28. The van der Waals surface area contributed by atoms with Crippen LogP contribution < -0.4 is 11.1 Å². The van der Waals surface area contributed by atoms with Gasteiger partial charge in [-0.25, -0.2) is 4.79 Å². The van der Waals surface area contributed by atoms with Crippen LogP contribution in [0.3, 0.4) is 0 Å².